The zero-order valence-corrected chi connectivity index (χ0v) is 27.4. The first kappa shape index (κ1) is 42.4. The van der Waals surface area contributed by atoms with E-state index in [1.807, 2.05) is 12.3 Å². The molecule has 0 bridgehead atoms. The Morgan fingerprint density at radius 1 is 0.850 bits per heavy atom. The smallest absolute Gasteiger partial charge is 0.180 e. The molecule has 0 fully saturated rings. The molecule has 0 aliphatic carbocycles. The van der Waals surface area contributed by atoms with Crippen LogP contribution in [0.25, 0.3) is 0 Å². The number of hydrogen-bond acceptors (Lipinski definition) is 14. The first-order valence-electron chi connectivity index (χ1n) is 11.4. The van der Waals surface area contributed by atoms with Gasteiger partial charge in [-0.05, 0) is 38.8 Å². The summed E-state index contributed by atoms with van der Waals surface area (Å²) in [5.74, 6) is 0. The van der Waals surface area contributed by atoms with Crippen LogP contribution < -0.4 is 28.7 Å². The number of nitrogen functional groups attached to an aromatic ring is 3. The molecular formula is C22H41Cl2N9O3S4. The van der Waals surface area contributed by atoms with Gasteiger partial charge in [-0.2, -0.15) is 0 Å². The van der Waals surface area contributed by atoms with E-state index in [0.717, 1.165) is 35.7 Å². The highest BCUT2D eigenvalue weighted by Crippen LogP contribution is 2.15. The molecule has 0 unspecified atom stereocenters. The van der Waals surface area contributed by atoms with Gasteiger partial charge in [0.05, 0.1) is 12.9 Å². The molecule has 4 heterocycles. The lowest BCUT2D eigenvalue weighted by Crippen LogP contribution is -2.18. The minimum absolute atomic E-state index is 0. The monoisotopic (exact) mass is 677 g/mol. The third-order valence-electron chi connectivity index (χ3n) is 3.83. The van der Waals surface area contributed by atoms with Crippen molar-refractivity contribution in [1.82, 2.24) is 19.9 Å². The van der Waals surface area contributed by atoms with E-state index in [0.29, 0.717) is 28.2 Å². The summed E-state index contributed by atoms with van der Waals surface area (Å²) < 4.78 is 4.76. The van der Waals surface area contributed by atoms with Crippen molar-refractivity contribution in [3.8, 4) is 0 Å². The summed E-state index contributed by atoms with van der Waals surface area (Å²) >= 11 is 8.50. The van der Waals surface area contributed by atoms with E-state index in [1.165, 1.54) is 27.6 Å². The van der Waals surface area contributed by atoms with E-state index >= 15 is 0 Å². The first-order chi connectivity index (χ1) is 18.1. The molecule has 0 aromatic carbocycles. The van der Waals surface area contributed by atoms with Crippen molar-refractivity contribution < 1.29 is 14.9 Å². The van der Waals surface area contributed by atoms with Crippen LogP contribution >= 0.6 is 71.0 Å². The molecule has 12 N–H and O–H groups in total. The summed E-state index contributed by atoms with van der Waals surface area (Å²) in [6.07, 6.45) is 12.4. The Bertz CT molecular complexity index is 985. The average molecular weight is 679 g/mol. The zero-order valence-electron chi connectivity index (χ0n) is 22.5. The molecule has 12 nitrogen and oxygen atoms in total. The number of halogens is 2. The lowest BCUT2D eigenvalue weighted by atomic mass is 10.4. The molecule has 4 rings (SSSR count). The second kappa shape index (κ2) is 27.2. The molecular weight excluding hydrogens is 637 g/mol. The summed E-state index contributed by atoms with van der Waals surface area (Å²) in [7, 11) is 4.12. The average Bonchev–Trinajstić information content (AvgIpc) is 3.65. The number of aliphatic hydroxyl groups is 2. The second-order valence-electron chi connectivity index (χ2n) is 7.43. The van der Waals surface area contributed by atoms with E-state index in [2.05, 4.69) is 57.6 Å². The largest absolute Gasteiger partial charge is 0.501 e. The maximum absolute atomic E-state index is 8.47. The molecule has 1 aliphatic rings. The Hall–Kier alpha value is -2.02. The number of nitrogens with two attached hydrogens (primary N) is 5. The van der Waals surface area contributed by atoms with E-state index in [4.69, 9.17) is 32.2 Å². The van der Waals surface area contributed by atoms with E-state index in [-0.39, 0.29) is 43.1 Å². The molecule has 3 aromatic heterocycles. The number of aromatic nitrogens is 3. The van der Waals surface area contributed by atoms with Crippen LogP contribution in [-0.4, -0.2) is 75.6 Å². The van der Waals surface area contributed by atoms with Crippen molar-refractivity contribution in [2.45, 2.75) is 25.7 Å². The van der Waals surface area contributed by atoms with Crippen molar-refractivity contribution >= 4 is 91.5 Å². The lowest BCUT2D eigenvalue weighted by molar-refractivity contribution is 0.281. The van der Waals surface area contributed by atoms with Crippen LogP contribution in [0.5, 0.6) is 0 Å². The van der Waals surface area contributed by atoms with Crippen LogP contribution in [-0.2, 0) is 24.0 Å². The molecule has 40 heavy (non-hydrogen) atoms. The van der Waals surface area contributed by atoms with E-state index in [9.17, 15) is 0 Å². The number of aliphatic hydroxyl groups excluding tert-OH is 2. The Morgan fingerprint density at radius 2 is 1.23 bits per heavy atom. The highest BCUT2D eigenvalue weighted by Gasteiger charge is 1.98. The highest BCUT2D eigenvalue weighted by molar-refractivity contribution is 7.80. The van der Waals surface area contributed by atoms with Gasteiger partial charge in [-0.3, -0.25) is 0 Å². The van der Waals surface area contributed by atoms with E-state index < -0.39 is 0 Å². The number of anilines is 3. The number of likely N-dealkylation sites (N-methyl/N-ethyl adjacent to an activating group) is 1. The van der Waals surface area contributed by atoms with Crippen molar-refractivity contribution in [3.05, 3.63) is 45.6 Å². The third-order valence-corrected chi connectivity index (χ3v) is 6.49. The van der Waals surface area contributed by atoms with Crippen molar-refractivity contribution in [2.24, 2.45) is 11.5 Å². The first-order valence-corrected chi connectivity index (χ1v) is 14.2. The summed E-state index contributed by atoms with van der Waals surface area (Å²) in [6.45, 7) is 2.28. The van der Waals surface area contributed by atoms with E-state index in [1.54, 1.807) is 30.0 Å². The fourth-order valence-electron chi connectivity index (χ4n) is 2.21. The van der Waals surface area contributed by atoms with Crippen LogP contribution in [0, 0.1) is 0 Å². The molecule has 0 saturated heterocycles. The summed E-state index contributed by atoms with van der Waals surface area (Å²) in [5, 5.41) is 18.7. The normalized spacial score (nSPS) is 10.4. The molecule has 0 amide bonds. The van der Waals surface area contributed by atoms with Crippen molar-refractivity contribution in [2.75, 3.05) is 57.7 Å². The Morgan fingerprint density at radius 3 is 1.43 bits per heavy atom. The minimum Gasteiger partial charge on any atom is -0.501 e. The van der Waals surface area contributed by atoms with Gasteiger partial charge in [0.2, 0.25) is 0 Å². The van der Waals surface area contributed by atoms with Crippen LogP contribution in [0.2, 0.25) is 0 Å². The van der Waals surface area contributed by atoms with Crippen LogP contribution in [0.4, 0.5) is 15.4 Å². The predicted molar refractivity (Wildman–Crippen MR) is 179 cm³/mol. The maximum atomic E-state index is 8.47. The van der Waals surface area contributed by atoms with Crippen LogP contribution in [0.1, 0.15) is 21.1 Å². The van der Waals surface area contributed by atoms with Gasteiger partial charge in [-0.1, -0.05) is 0 Å². The zero-order chi connectivity index (χ0) is 28.8. The van der Waals surface area contributed by atoms with Gasteiger partial charge in [-0.15, -0.1) is 58.8 Å². The van der Waals surface area contributed by atoms with Gasteiger partial charge in [-0.25, -0.2) is 15.0 Å². The lowest BCUT2D eigenvalue weighted by Gasteiger charge is -2.06. The molecule has 0 radical (unpaired) electrons. The number of nitrogens with zero attached hydrogens (tertiary/aromatic N) is 4. The van der Waals surface area contributed by atoms with Crippen LogP contribution in [0.15, 0.2) is 30.9 Å². The SMILES string of the molecule is C1=COCC1.CN(C)CCc1cnc(N)s1.Cl.Cl.NC(N)=S.Nc1ncc(CCO)s1.Nc1ncc(CCO)s1. The molecule has 18 heteroatoms. The predicted octanol–water partition coefficient (Wildman–Crippen LogP) is 2.30. The molecule has 3 aromatic rings. The molecule has 1 aliphatic heterocycles. The Labute approximate surface area is 265 Å². The Kier molecular flexibility index (Phi) is 28.8. The van der Waals surface area contributed by atoms with Gasteiger partial charge in [0, 0.05) is 72.2 Å². The number of thiocarbonyl (C=S) groups is 1. The summed E-state index contributed by atoms with van der Waals surface area (Å²) in [6, 6.07) is 0. The van der Waals surface area contributed by atoms with Gasteiger partial charge in [0.15, 0.2) is 20.5 Å². The fourth-order valence-corrected chi connectivity index (χ4v) is 4.23. The van der Waals surface area contributed by atoms with Gasteiger partial charge < -0.3 is 48.5 Å². The van der Waals surface area contributed by atoms with Crippen molar-refractivity contribution in [1.29, 1.82) is 0 Å². The topological polar surface area (TPSA) is 222 Å². The van der Waals surface area contributed by atoms with Gasteiger partial charge in [0.25, 0.3) is 0 Å². The molecule has 0 saturated carbocycles. The van der Waals surface area contributed by atoms with Crippen LogP contribution in [0.3, 0.4) is 0 Å². The maximum Gasteiger partial charge on any atom is 0.180 e. The molecule has 0 spiro atoms. The molecule has 0 atom stereocenters. The fraction of sp³-hybridized carbons (Fsp3) is 0.455. The number of hydrogen-bond donors (Lipinski definition) is 7. The molecule has 230 valence electrons. The number of ether oxygens (including phenoxy) is 1. The Balaban J connectivity index is -0.000000439. The van der Waals surface area contributed by atoms with Gasteiger partial charge >= 0.3 is 0 Å². The van der Waals surface area contributed by atoms with Gasteiger partial charge in [0.1, 0.15) is 0 Å². The quantitative estimate of drug-likeness (QED) is 0.179. The number of rotatable bonds is 7. The van der Waals surface area contributed by atoms with Crippen molar-refractivity contribution in [3.63, 3.8) is 0 Å². The third kappa shape index (κ3) is 26.2. The highest BCUT2D eigenvalue weighted by atomic mass is 35.5. The minimum atomic E-state index is 0. The number of thiazole rings is 3. The second-order valence-corrected chi connectivity index (χ2v) is 11.3. The summed E-state index contributed by atoms with van der Waals surface area (Å²) in [5.41, 5.74) is 25.4. The standard InChI is InChI=1S/C7H13N3S.2C5H8N2OS.C4H6O.CH4N2S.2ClH/c1-10(2)4-3-6-5-9-7(8)11-6;2*6-5-7-3-4(9-5)1-2-8;1-2-4-5-3-1;2-1(3)4;;/h5H,3-4H2,1-2H3,(H2,8,9);2*3,8H,1-2H2,(H2,6,7);1,3H,2,4H2;(H4,2,3,4);2*1H. The summed E-state index contributed by atoms with van der Waals surface area (Å²) in [4.78, 5) is 17.1.